The van der Waals surface area contributed by atoms with Gasteiger partial charge in [0.15, 0.2) is 5.78 Å². The van der Waals surface area contributed by atoms with Crippen LogP contribution >= 0.6 is 11.6 Å². The molecule has 5 heteroatoms. The van der Waals surface area contributed by atoms with Crippen LogP contribution in [0.1, 0.15) is 39.6 Å². The van der Waals surface area contributed by atoms with Gasteiger partial charge in [0.05, 0.1) is 18.8 Å². The third-order valence-corrected chi connectivity index (χ3v) is 2.61. The number of rotatable bonds is 6. The van der Waals surface area contributed by atoms with Crippen LogP contribution in [0.15, 0.2) is 18.2 Å². The summed E-state index contributed by atoms with van der Waals surface area (Å²) >= 11 is 5.54. The van der Waals surface area contributed by atoms with Crippen LogP contribution in [-0.4, -0.2) is 29.3 Å². The zero-order valence-electron chi connectivity index (χ0n) is 10.1. The van der Waals surface area contributed by atoms with Gasteiger partial charge in [0, 0.05) is 17.9 Å². The predicted octanol–water partition coefficient (Wildman–Crippen LogP) is 2.17. The first-order valence-electron chi connectivity index (χ1n) is 5.64. The predicted molar refractivity (Wildman–Crippen MR) is 68.0 cm³/mol. The van der Waals surface area contributed by atoms with Crippen molar-refractivity contribution in [2.75, 3.05) is 12.5 Å². The quantitative estimate of drug-likeness (QED) is 0.489. The second-order valence-electron chi connectivity index (χ2n) is 3.58. The summed E-state index contributed by atoms with van der Waals surface area (Å²) in [6.45, 7) is 1.61. The molecular formula is C13H15ClO4. The molecule has 1 N–H and O–H groups in total. The fraction of sp³-hybridized carbons (Fsp3) is 0.385. The normalized spacial score (nSPS) is 10.2. The average Bonchev–Trinajstić information content (AvgIpc) is 2.38. The standard InChI is InChI=1S/C13H15ClO4/c1-2-18-13(17)10-5-3-4-9(8-15)12(10)11(16)6-7-14/h3-5,15H,2,6-8H2,1H3. The number of aliphatic hydroxyl groups is 1. The van der Waals surface area contributed by atoms with E-state index in [0.29, 0.717) is 5.56 Å². The number of hydrogen-bond acceptors (Lipinski definition) is 4. The molecule has 0 radical (unpaired) electrons. The Hall–Kier alpha value is -1.39. The van der Waals surface area contributed by atoms with E-state index in [-0.39, 0.29) is 42.4 Å². The van der Waals surface area contributed by atoms with Crippen LogP contribution in [-0.2, 0) is 11.3 Å². The number of ketones is 1. The number of halogens is 1. The van der Waals surface area contributed by atoms with Crippen molar-refractivity contribution in [2.24, 2.45) is 0 Å². The fourth-order valence-corrected chi connectivity index (χ4v) is 1.82. The molecule has 1 rings (SSSR count). The summed E-state index contributed by atoms with van der Waals surface area (Å²) in [5.74, 6) is -0.663. The lowest BCUT2D eigenvalue weighted by Crippen LogP contribution is -2.15. The summed E-state index contributed by atoms with van der Waals surface area (Å²) < 4.78 is 4.89. The van der Waals surface area contributed by atoms with E-state index in [1.54, 1.807) is 19.1 Å². The monoisotopic (exact) mass is 270 g/mol. The van der Waals surface area contributed by atoms with E-state index in [2.05, 4.69) is 0 Å². The van der Waals surface area contributed by atoms with Crippen molar-refractivity contribution < 1.29 is 19.4 Å². The molecule has 1 aromatic rings. The molecule has 0 aliphatic heterocycles. The summed E-state index contributed by atoms with van der Waals surface area (Å²) in [6.07, 6.45) is 0.116. The average molecular weight is 271 g/mol. The molecule has 0 fully saturated rings. The van der Waals surface area contributed by atoms with Crippen molar-refractivity contribution in [3.05, 3.63) is 34.9 Å². The number of aliphatic hydroxyl groups excluding tert-OH is 1. The summed E-state index contributed by atoms with van der Waals surface area (Å²) in [7, 11) is 0. The van der Waals surface area contributed by atoms with E-state index in [1.165, 1.54) is 6.07 Å². The molecule has 0 bridgehead atoms. The minimum absolute atomic E-state index is 0.116. The Balaban J connectivity index is 3.24. The Kier molecular flexibility index (Phi) is 5.82. The van der Waals surface area contributed by atoms with E-state index in [9.17, 15) is 14.7 Å². The van der Waals surface area contributed by atoms with Gasteiger partial charge in [0.25, 0.3) is 0 Å². The van der Waals surface area contributed by atoms with Crippen LogP contribution in [0.2, 0.25) is 0 Å². The minimum atomic E-state index is -0.564. The molecule has 0 unspecified atom stereocenters. The third kappa shape index (κ3) is 3.31. The number of esters is 1. The van der Waals surface area contributed by atoms with Crippen LogP contribution in [0.4, 0.5) is 0 Å². The second kappa shape index (κ2) is 7.13. The number of carbonyl (C=O) groups excluding carboxylic acids is 2. The molecule has 0 aliphatic rings. The number of hydrogen-bond donors (Lipinski definition) is 1. The Bertz CT molecular complexity index is 443. The number of carbonyl (C=O) groups is 2. The van der Waals surface area contributed by atoms with Crippen molar-refractivity contribution in [1.29, 1.82) is 0 Å². The Morgan fingerprint density at radius 2 is 2.11 bits per heavy atom. The van der Waals surface area contributed by atoms with Gasteiger partial charge < -0.3 is 9.84 Å². The van der Waals surface area contributed by atoms with Crippen LogP contribution in [0.3, 0.4) is 0 Å². The van der Waals surface area contributed by atoms with Crippen molar-refractivity contribution in [2.45, 2.75) is 20.0 Å². The summed E-state index contributed by atoms with van der Waals surface area (Å²) in [4.78, 5) is 23.7. The molecule has 0 spiro atoms. The van der Waals surface area contributed by atoms with Gasteiger partial charge in [-0.3, -0.25) is 4.79 Å². The van der Waals surface area contributed by atoms with Gasteiger partial charge in [-0.25, -0.2) is 4.79 Å². The van der Waals surface area contributed by atoms with Gasteiger partial charge in [0.1, 0.15) is 0 Å². The topological polar surface area (TPSA) is 63.6 Å². The van der Waals surface area contributed by atoms with Crippen LogP contribution < -0.4 is 0 Å². The van der Waals surface area contributed by atoms with Gasteiger partial charge in [0.2, 0.25) is 0 Å². The van der Waals surface area contributed by atoms with Gasteiger partial charge >= 0.3 is 5.97 Å². The van der Waals surface area contributed by atoms with Crippen molar-refractivity contribution in [3.63, 3.8) is 0 Å². The van der Waals surface area contributed by atoms with E-state index < -0.39 is 5.97 Å². The minimum Gasteiger partial charge on any atom is -0.462 e. The first-order valence-corrected chi connectivity index (χ1v) is 6.18. The zero-order valence-corrected chi connectivity index (χ0v) is 10.9. The lowest BCUT2D eigenvalue weighted by Gasteiger charge is -2.11. The van der Waals surface area contributed by atoms with Crippen LogP contribution in [0.25, 0.3) is 0 Å². The fourth-order valence-electron chi connectivity index (χ4n) is 1.65. The highest BCUT2D eigenvalue weighted by molar-refractivity contribution is 6.20. The Morgan fingerprint density at radius 3 is 2.67 bits per heavy atom. The molecule has 1 aromatic carbocycles. The van der Waals surface area contributed by atoms with Gasteiger partial charge in [-0.2, -0.15) is 0 Å². The van der Waals surface area contributed by atoms with E-state index in [4.69, 9.17) is 16.3 Å². The third-order valence-electron chi connectivity index (χ3n) is 2.42. The van der Waals surface area contributed by atoms with Gasteiger partial charge in [-0.15, -0.1) is 11.6 Å². The van der Waals surface area contributed by atoms with Crippen LogP contribution in [0.5, 0.6) is 0 Å². The lowest BCUT2D eigenvalue weighted by atomic mass is 9.96. The molecular weight excluding hydrogens is 256 g/mol. The highest BCUT2D eigenvalue weighted by Gasteiger charge is 2.20. The van der Waals surface area contributed by atoms with Crippen molar-refractivity contribution in [3.8, 4) is 0 Å². The highest BCUT2D eigenvalue weighted by Crippen LogP contribution is 2.19. The second-order valence-corrected chi connectivity index (χ2v) is 3.96. The summed E-state index contributed by atoms with van der Waals surface area (Å²) in [5.41, 5.74) is 0.799. The molecule has 18 heavy (non-hydrogen) atoms. The molecule has 98 valence electrons. The van der Waals surface area contributed by atoms with Gasteiger partial charge in [-0.05, 0) is 18.6 Å². The molecule has 0 saturated carbocycles. The molecule has 0 heterocycles. The Labute approximate surface area is 111 Å². The lowest BCUT2D eigenvalue weighted by molar-refractivity contribution is 0.0522. The number of Topliss-reactive ketones (excluding diaryl/α,β-unsaturated/α-hetero) is 1. The molecule has 0 atom stereocenters. The summed E-state index contributed by atoms with van der Waals surface area (Å²) in [6, 6.07) is 4.72. The molecule has 0 amide bonds. The first-order chi connectivity index (χ1) is 8.65. The van der Waals surface area contributed by atoms with E-state index in [0.717, 1.165) is 0 Å². The number of ether oxygens (including phenoxy) is 1. The number of alkyl halides is 1. The van der Waals surface area contributed by atoms with Gasteiger partial charge in [-0.1, -0.05) is 12.1 Å². The van der Waals surface area contributed by atoms with E-state index >= 15 is 0 Å². The van der Waals surface area contributed by atoms with E-state index in [1.807, 2.05) is 0 Å². The SMILES string of the molecule is CCOC(=O)c1cccc(CO)c1C(=O)CCCl. The van der Waals surface area contributed by atoms with Crippen molar-refractivity contribution >= 4 is 23.4 Å². The Morgan fingerprint density at radius 1 is 1.39 bits per heavy atom. The molecule has 4 nitrogen and oxygen atoms in total. The molecule has 0 aliphatic carbocycles. The maximum atomic E-state index is 12.0. The smallest absolute Gasteiger partial charge is 0.338 e. The first kappa shape index (κ1) is 14.7. The maximum absolute atomic E-state index is 12.0. The maximum Gasteiger partial charge on any atom is 0.338 e. The highest BCUT2D eigenvalue weighted by atomic mass is 35.5. The van der Waals surface area contributed by atoms with Crippen molar-refractivity contribution in [1.82, 2.24) is 0 Å². The number of benzene rings is 1. The zero-order chi connectivity index (χ0) is 13.5. The molecule has 0 saturated heterocycles. The molecule has 0 aromatic heterocycles. The van der Waals surface area contributed by atoms with Crippen LogP contribution in [0, 0.1) is 0 Å². The largest absolute Gasteiger partial charge is 0.462 e. The summed E-state index contributed by atoms with van der Waals surface area (Å²) in [5, 5.41) is 9.23.